The second-order valence-corrected chi connectivity index (χ2v) is 4.80. The summed E-state index contributed by atoms with van der Waals surface area (Å²) >= 11 is 0. The molecule has 0 aliphatic rings. The molecule has 5 N–H and O–H groups in total. The first-order valence-electron chi connectivity index (χ1n) is 6.50. The van der Waals surface area contributed by atoms with Crippen molar-refractivity contribution in [3.8, 4) is 0 Å². The number of urea groups is 1. The lowest BCUT2D eigenvalue weighted by Gasteiger charge is -2.19. The summed E-state index contributed by atoms with van der Waals surface area (Å²) in [5.41, 5.74) is 5.68. The Morgan fingerprint density at radius 3 is 2.38 bits per heavy atom. The average Bonchev–Trinajstić information content (AvgIpc) is 2.42. The van der Waals surface area contributed by atoms with Crippen molar-refractivity contribution in [1.29, 1.82) is 0 Å². The number of carbonyl (C=O) groups is 3. The molecule has 0 heterocycles. The Kier molecular flexibility index (Phi) is 6.19. The van der Waals surface area contributed by atoms with E-state index in [1.165, 1.54) is 0 Å². The van der Waals surface area contributed by atoms with Gasteiger partial charge in [-0.15, -0.1) is 0 Å². The summed E-state index contributed by atoms with van der Waals surface area (Å²) < 4.78 is 0. The number of carboxylic acid groups (broad SMARTS) is 1. The molecule has 0 spiro atoms. The molecule has 3 amide bonds. The van der Waals surface area contributed by atoms with Crippen LogP contribution in [0, 0.1) is 5.92 Å². The van der Waals surface area contributed by atoms with Crippen LogP contribution in [0.1, 0.15) is 24.9 Å². The Labute approximate surface area is 122 Å². The third-order valence-electron chi connectivity index (χ3n) is 2.83. The minimum Gasteiger partial charge on any atom is -0.481 e. The SMILES string of the molecule is CC(CNC(=O)C(NC(N)=O)c1ccccc1)CC(=O)O. The van der Waals surface area contributed by atoms with E-state index in [0.717, 1.165) is 0 Å². The first-order chi connectivity index (χ1) is 9.90. The van der Waals surface area contributed by atoms with E-state index in [-0.39, 0.29) is 18.9 Å². The van der Waals surface area contributed by atoms with Crippen LogP contribution in [0.3, 0.4) is 0 Å². The van der Waals surface area contributed by atoms with Gasteiger partial charge in [-0.05, 0) is 11.5 Å². The Bertz CT molecular complexity index is 504. The number of benzene rings is 1. The summed E-state index contributed by atoms with van der Waals surface area (Å²) in [5.74, 6) is -1.57. The molecule has 1 rings (SSSR count). The first kappa shape index (κ1) is 16.5. The van der Waals surface area contributed by atoms with E-state index in [9.17, 15) is 14.4 Å². The zero-order valence-electron chi connectivity index (χ0n) is 11.7. The van der Waals surface area contributed by atoms with Crippen LogP contribution in [0.15, 0.2) is 30.3 Å². The molecule has 1 aromatic carbocycles. The molecule has 0 saturated carbocycles. The first-order valence-corrected chi connectivity index (χ1v) is 6.50. The summed E-state index contributed by atoms with van der Waals surface area (Å²) in [6.45, 7) is 1.92. The number of amides is 3. The average molecular weight is 293 g/mol. The van der Waals surface area contributed by atoms with Gasteiger partial charge in [-0.1, -0.05) is 37.3 Å². The van der Waals surface area contributed by atoms with Crippen molar-refractivity contribution in [1.82, 2.24) is 10.6 Å². The van der Waals surface area contributed by atoms with E-state index in [1.54, 1.807) is 37.3 Å². The highest BCUT2D eigenvalue weighted by atomic mass is 16.4. The van der Waals surface area contributed by atoms with E-state index in [0.29, 0.717) is 5.56 Å². The van der Waals surface area contributed by atoms with Gasteiger partial charge in [0.25, 0.3) is 0 Å². The highest BCUT2D eigenvalue weighted by Gasteiger charge is 2.22. The van der Waals surface area contributed by atoms with Crippen LogP contribution >= 0.6 is 0 Å². The van der Waals surface area contributed by atoms with E-state index >= 15 is 0 Å². The molecule has 114 valence electrons. The van der Waals surface area contributed by atoms with Gasteiger partial charge in [0.2, 0.25) is 5.91 Å². The van der Waals surface area contributed by atoms with Crippen LogP contribution in [0.25, 0.3) is 0 Å². The summed E-state index contributed by atoms with van der Waals surface area (Å²) in [7, 11) is 0. The van der Waals surface area contributed by atoms with Crippen LogP contribution in [-0.2, 0) is 9.59 Å². The predicted molar refractivity (Wildman–Crippen MR) is 76.3 cm³/mol. The Morgan fingerprint density at radius 2 is 1.86 bits per heavy atom. The summed E-state index contributed by atoms with van der Waals surface area (Å²) in [4.78, 5) is 33.7. The lowest BCUT2D eigenvalue weighted by molar-refractivity contribution is -0.138. The Hall–Kier alpha value is -2.57. The van der Waals surface area contributed by atoms with Crippen molar-refractivity contribution in [2.24, 2.45) is 11.7 Å². The van der Waals surface area contributed by atoms with E-state index in [1.807, 2.05) is 0 Å². The van der Waals surface area contributed by atoms with Crippen molar-refractivity contribution in [2.75, 3.05) is 6.54 Å². The maximum atomic E-state index is 12.1. The van der Waals surface area contributed by atoms with Gasteiger partial charge in [0, 0.05) is 13.0 Å². The van der Waals surface area contributed by atoms with Crippen LogP contribution in [0.2, 0.25) is 0 Å². The van der Waals surface area contributed by atoms with Crippen molar-refractivity contribution in [3.63, 3.8) is 0 Å². The molecular weight excluding hydrogens is 274 g/mol. The summed E-state index contributed by atoms with van der Waals surface area (Å²) in [6.07, 6.45) is -0.0421. The zero-order chi connectivity index (χ0) is 15.8. The third kappa shape index (κ3) is 5.94. The van der Waals surface area contributed by atoms with Gasteiger partial charge in [0.1, 0.15) is 6.04 Å². The molecule has 1 aromatic rings. The summed E-state index contributed by atoms with van der Waals surface area (Å²) in [6, 6.07) is 6.95. The van der Waals surface area contributed by atoms with Crippen molar-refractivity contribution < 1.29 is 19.5 Å². The molecular formula is C14H19N3O4. The Morgan fingerprint density at radius 1 is 1.24 bits per heavy atom. The van der Waals surface area contributed by atoms with Crippen LogP contribution in [0.4, 0.5) is 4.79 Å². The fraction of sp³-hybridized carbons (Fsp3) is 0.357. The van der Waals surface area contributed by atoms with E-state index in [4.69, 9.17) is 10.8 Å². The molecule has 2 atom stereocenters. The molecule has 21 heavy (non-hydrogen) atoms. The molecule has 7 nitrogen and oxygen atoms in total. The molecule has 0 radical (unpaired) electrons. The van der Waals surface area contributed by atoms with Crippen molar-refractivity contribution in [2.45, 2.75) is 19.4 Å². The molecule has 0 aromatic heterocycles. The number of rotatable bonds is 7. The highest BCUT2D eigenvalue weighted by molar-refractivity contribution is 5.87. The number of nitrogens with one attached hydrogen (secondary N) is 2. The van der Waals surface area contributed by atoms with Crippen LogP contribution < -0.4 is 16.4 Å². The largest absolute Gasteiger partial charge is 0.481 e. The monoisotopic (exact) mass is 293 g/mol. The quantitative estimate of drug-likeness (QED) is 0.588. The van der Waals surface area contributed by atoms with Gasteiger partial charge in [0.05, 0.1) is 0 Å². The minimum absolute atomic E-state index is 0.0421. The molecule has 0 bridgehead atoms. The molecule has 7 heteroatoms. The number of primary amides is 1. The number of hydrogen-bond donors (Lipinski definition) is 4. The topological polar surface area (TPSA) is 122 Å². The number of hydrogen-bond acceptors (Lipinski definition) is 3. The lowest BCUT2D eigenvalue weighted by Crippen LogP contribution is -2.43. The molecule has 0 saturated heterocycles. The third-order valence-corrected chi connectivity index (χ3v) is 2.83. The van der Waals surface area contributed by atoms with E-state index < -0.39 is 23.9 Å². The fourth-order valence-electron chi connectivity index (χ4n) is 1.84. The molecule has 0 aliphatic heterocycles. The molecule has 0 aliphatic carbocycles. The number of aliphatic carboxylic acids is 1. The Balaban J connectivity index is 2.68. The highest BCUT2D eigenvalue weighted by Crippen LogP contribution is 2.12. The summed E-state index contributed by atoms with van der Waals surface area (Å²) in [5, 5.41) is 13.7. The maximum Gasteiger partial charge on any atom is 0.313 e. The van der Waals surface area contributed by atoms with Crippen molar-refractivity contribution >= 4 is 17.9 Å². The van der Waals surface area contributed by atoms with Crippen LogP contribution in [-0.4, -0.2) is 29.6 Å². The lowest BCUT2D eigenvalue weighted by atomic mass is 10.1. The van der Waals surface area contributed by atoms with Gasteiger partial charge in [0.15, 0.2) is 0 Å². The van der Waals surface area contributed by atoms with Crippen molar-refractivity contribution in [3.05, 3.63) is 35.9 Å². The zero-order valence-corrected chi connectivity index (χ0v) is 11.7. The second-order valence-electron chi connectivity index (χ2n) is 4.80. The standard InChI is InChI=1S/C14H19N3O4/c1-9(7-11(18)19)8-16-13(20)12(17-14(15)21)10-5-3-2-4-6-10/h2-6,9,12H,7-8H2,1H3,(H,16,20)(H,18,19)(H3,15,17,21). The predicted octanol–water partition coefficient (Wildman–Crippen LogP) is 0.623. The minimum atomic E-state index is -0.924. The van der Waals surface area contributed by atoms with Gasteiger partial charge in [-0.25, -0.2) is 4.79 Å². The van der Waals surface area contributed by atoms with Crippen LogP contribution in [0.5, 0.6) is 0 Å². The fourth-order valence-corrected chi connectivity index (χ4v) is 1.84. The number of carboxylic acids is 1. The number of nitrogens with two attached hydrogens (primary N) is 1. The normalized spacial score (nSPS) is 13.0. The smallest absolute Gasteiger partial charge is 0.313 e. The number of carbonyl (C=O) groups excluding carboxylic acids is 2. The van der Waals surface area contributed by atoms with Gasteiger partial charge < -0.3 is 21.5 Å². The van der Waals surface area contributed by atoms with E-state index in [2.05, 4.69) is 10.6 Å². The van der Waals surface area contributed by atoms with Gasteiger partial charge in [-0.3, -0.25) is 9.59 Å². The second kappa shape index (κ2) is 7.88. The van der Waals surface area contributed by atoms with Gasteiger partial charge in [-0.2, -0.15) is 0 Å². The van der Waals surface area contributed by atoms with Gasteiger partial charge >= 0.3 is 12.0 Å². The molecule has 2 unspecified atom stereocenters. The maximum absolute atomic E-state index is 12.1. The molecule has 0 fully saturated rings.